The first-order valence-corrected chi connectivity index (χ1v) is 13.1. The average molecular weight is 514 g/mol. The van der Waals surface area contributed by atoms with E-state index in [1.165, 1.54) is 6.42 Å². The van der Waals surface area contributed by atoms with Gasteiger partial charge in [-0.3, -0.25) is 14.4 Å². The first-order valence-electron chi connectivity index (χ1n) is 12.2. The van der Waals surface area contributed by atoms with Gasteiger partial charge in [-0.2, -0.15) is 0 Å². The number of nitrogens with zero attached hydrogens (tertiary/aromatic N) is 1. The Labute approximate surface area is 198 Å². The lowest BCUT2D eigenvalue weighted by atomic mass is 9.70. The SMILES string of the molecule is CCCNC(=O)[C@H]1[C@@H]2OC3(CC2Br)C(C(=O)NC2CCCCC2)N([C@@H](CC)CO)C(=O)[C@H]13. The van der Waals surface area contributed by atoms with Gasteiger partial charge in [-0.25, -0.2) is 0 Å². The van der Waals surface area contributed by atoms with Crippen LogP contribution in [-0.2, 0) is 19.1 Å². The number of carbonyl (C=O) groups excluding carboxylic acids is 3. The van der Waals surface area contributed by atoms with Gasteiger partial charge in [0.15, 0.2) is 0 Å². The molecule has 1 spiro atoms. The Kier molecular flexibility index (Phi) is 7.17. The minimum atomic E-state index is -1.05. The van der Waals surface area contributed by atoms with E-state index in [-0.39, 0.29) is 35.2 Å². The van der Waals surface area contributed by atoms with E-state index in [4.69, 9.17) is 4.74 Å². The van der Waals surface area contributed by atoms with Crippen molar-refractivity contribution in [1.29, 1.82) is 0 Å². The highest BCUT2D eigenvalue weighted by Gasteiger charge is 2.76. The normalized spacial score (nSPS) is 37.4. The summed E-state index contributed by atoms with van der Waals surface area (Å²) < 4.78 is 6.46. The Morgan fingerprint density at radius 3 is 2.59 bits per heavy atom. The number of alkyl halides is 1. The third-order valence-corrected chi connectivity index (χ3v) is 8.70. The maximum absolute atomic E-state index is 13.8. The van der Waals surface area contributed by atoms with Gasteiger partial charge < -0.3 is 25.4 Å². The number of fused-ring (bicyclic) bond motifs is 1. The number of ether oxygens (including phenoxy) is 1. The minimum absolute atomic E-state index is 0.0971. The molecule has 0 aromatic carbocycles. The maximum atomic E-state index is 13.8. The largest absolute Gasteiger partial charge is 0.394 e. The number of hydrogen-bond donors (Lipinski definition) is 3. The molecular weight excluding hydrogens is 478 g/mol. The molecule has 0 aromatic heterocycles. The van der Waals surface area contributed by atoms with Gasteiger partial charge in [-0.05, 0) is 32.1 Å². The van der Waals surface area contributed by atoms with Crippen LogP contribution in [0.25, 0.3) is 0 Å². The number of carbonyl (C=O) groups is 3. The van der Waals surface area contributed by atoms with E-state index in [1.54, 1.807) is 4.90 Å². The number of likely N-dealkylation sites (tertiary alicyclic amines) is 1. The summed E-state index contributed by atoms with van der Waals surface area (Å²) in [5.74, 6) is -1.99. The summed E-state index contributed by atoms with van der Waals surface area (Å²) in [6.45, 7) is 4.18. The monoisotopic (exact) mass is 513 g/mol. The van der Waals surface area contributed by atoms with Crippen molar-refractivity contribution in [2.75, 3.05) is 13.2 Å². The maximum Gasteiger partial charge on any atom is 0.246 e. The molecule has 4 fully saturated rings. The third kappa shape index (κ3) is 3.78. The Hall–Kier alpha value is -1.19. The van der Waals surface area contributed by atoms with Crippen LogP contribution in [0.3, 0.4) is 0 Å². The number of rotatable bonds is 8. The molecule has 3 saturated heterocycles. The van der Waals surface area contributed by atoms with Gasteiger partial charge in [-0.1, -0.05) is 49.0 Å². The fourth-order valence-electron chi connectivity index (χ4n) is 6.37. The molecule has 4 aliphatic rings. The van der Waals surface area contributed by atoms with Crippen LogP contribution in [0.2, 0.25) is 0 Å². The number of aliphatic hydroxyl groups excluding tert-OH is 1. The molecular formula is C23H36BrN3O5. The molecule has 3 heterocycles. The van der Waals surface area contributed by atoms with E-state index in [2.05, 4.69) is 26.6 Å². The van der Waals surface area contributed by atoms with Crippen LogP contribution >= 0.6 is 15.9 Å². The molecule has 9 heteroatoms. The summed E-state index contributed by atoms with van der Waals surface area (Å²) in [6, 6.07) is -1.23. The number of hydrogen-bond acceptors (Lipinski definition) is 5. The highest BCUT2D eigenvalue weighted by molar-refractivity contribution is 9.09. The Morgan fingerprint density at radius 2 is 1.97 bits per heavy atom. The minimum Gasteiger partial charge on any atom is -0.394 e. The van der Waals surface area contributed by atoms with Crippen LogP contribution in [0.1, 0.15) is 65.2 Å². The van der Waals surface area contributed by atoms with Crippen molar-refractivity contribution in [2.45, 2.75) is 99.9 Å². The summed E-state index contributed by atoms with van der Waals surface area (Å²) in [5, 5.41) is 16.2. The zero-order valence-corrected chi connectivity index (χ0v) is 20.6. The molecule has 2 bridgehead atoms. The van der Waals surface area contributed by atoms with Crippen LogP contribution in [0.4, 0.5) is 0 Å². The summed E-state index contributed by atoms with van der Waals surface area (Å²) in [7, 11) is 0. The lowest BCUT2D eigenvalue weighted by Crippen LogP contribution is -2.59. The molecule has 180 valence electrons. The van der Waals surface area contributed by atoms with Crippen molar-refractivity contribution in [3.8, 4) is 0 Å². The van der Waals surface area contributed by atoms with Gasteiger partial charge in [0.05, 0.1) is 30.6 Å². The van der Waals surface area contributed by atoms with Gasteiger partial charge >= 0.3 is 0 Å². The standard InChI is InChI=1S/C23H36BrN3O5/c1-3-10-25-20(29)16-17-22(31)27(14(4-2)12-28)19(23(17)11-15(24)18(16)32-23)21(30)26-13-8-6-5-7-9-13/h13-19,28H,3-12H2,1-2H3,(H,25,29)(H,26,30)/t14-,15?,16+,17-,18+,19?,23?/m0/s1. The zero-order valence-electron chi connectivity index (χ0n) is 19.0. The van der Waals surface area contributed by atoms with E-state index in [0.717, 1.165) is 32.1 Å². The molecule has 4 rings (SSSR count). The van der Waals surface area contributed by atoms with Gasteiger partial charge in [-0.15, -0.1) is 0 Å². The quantitative estimate of drug-likeness (QED) is 0.426. The molecule has 3 amide bonds. The van der Waals surface area contributed by atoms with Crippen molar-refractivity contribution < 1.29 is 24.2 Å². The number of aliphatic hydroxyl groups is 1. The zero-order chi connectivity index (χ0) is 23.0. The molecule has 3 aliphatic heterocycles. The van der Waals surface area contributed by atoms with Crippen LogP contribution in [0.5, 0.6) is 0 Å². The molecule has 32 heavy (non-hydrogen) atoms. The number of nitrogens with one attached hydrogen (secondary N) is 2. The first kappa shape index (κ1) is 24.0. The molecule has 1 saturated carbocycles. The van der Waals surface area contributed by atoms with Crippen LogP contribution in [-0.4, -0.2) is 75.5 Å². The second-order valence-corrected chi connectivity index (χ2v) is 11.0. The molecule has 3 N–H and O–H groups in total. The van der Waals surface area contributed by atoms with Crippen molar-refractivity contribution in [3.63, 3.8) is 0 Å². The van der Waals surface area contributed by atoms with E-state index in [0.29, 0.717) is 19.4 Å². The average Bonchev–Trinajstić information content (AvgIpc) is 3.37. The van der Waals surface area contributed by atoms with Gasteiger partial charge in [0.1, 0.15) is 11.6 Å². The van der Waals surface area contributed by atoms with E-state index >= 15 is 0 Å². The fraction of sp³-hybridized carbons (Fsp3) is 0.870. The summed E-state index contributed by atoms with van der Waals surface area (Å²) in [6.07, 6.45) is 6.59. The van der Waals surface area contributed by atoms with Crippen molar-refractivity contribution >= 4 is 33.7 Å². The van der Waals surface area contributed by atoms with E-state index < -0.39 is 35.6 Å². The van der Waals surface area contributed by atoms with E-state index in [1.807, 2.05) is 13.8 Å². The fourth-order valence-corrected chi connectivity index (χ4v) is 7.31. The predicted octanol–water partition coefficient (Wildman–Crippen LogP) is 1.48. The summed E-state index contributed by atoms with van der Waals surface area (Å²) in [5.41, 5.74) is -1.05. The van der Waals surface area contributed by atoms with Crippen LogP contribution < -0.4 is 10.6 Å². The van der Waals surface area contributed by atoms with Gasteiger partial charge in [0.25, 0.3) is 0 Å². The molecule has 8 nitrogen and oxygen atoms in total. The summed E-state index contributed by atoms with van der Waals surface area (Å²) >= 11 is 3.67. The Bertz CT molecular complexity index is 741. The highest BCUT2D eigenvalue weighted by Crippen LogP contribution is 2.60. The second-order valence-electron chi connectivity index (χ2n) is 9.79. The smallest absolute Gasteiger partial charge is 0.246 e. The second kappa shape index (κ2) is 9.58. The molecule has 1 aliphatic carbocycles. The van der Waals surface area contributed by atoms with Gasteiger partial charge in [0, 0.05) is 17.4 Å². The van der Waals surface area contributed by atoms with Crippen LogP contribution in [0, 0.1) is 11.8 Å². The van der Waals surface area contributed by atoms with E-state index in [9.17, 15) is 19.5 Å². The lowest BCUT2D eigenvalue weighted by Gasteiger charge is -2.37. The third-order valence-electron chi connectivity index (χ3n) is 7.85. The molecule has 3 unspecified atom stereocenters. The molecule has 7 atom stereocenters. The van der Waals surface area contributed by atoms with Crippen LogP contribution in [0.15, 0.2) is 0 Å². The van der Waals surface area contributed by atoms with Crippen molar-refractivity contribution in [3.05, 3.63) is 0 Å². The van der Waals surface area contributed by atoms with Crippen molar-refractivity contribution in [2.24, 2.45) is 11.8 Å². The molecule has 0 radical (unpaired) electrons. The molecule has 0 aromatic rings. The Balaban J connectivity index is 1.69. The number of amides is 3. The van der Waals surface area contributed by atoms with Crippen molar-refractivity contribution in [1.82, 2.24) is 15.5 Å². The first-order chi connectivity index (χ1) is 15.4. The van der Waals surface area contributed by atoms with Gasteiger partial charge in [0.2, 0.25) is 17.7 Å². The number of halogens is 1. The topological polar surface area (TPSA) is 108 Å². The lowest BCUT2D eigenvalue weighted by molar-refractivity contribution is -0.146. The summed E-state index contributed by atoms with van der Waals surface area (Å²) in [4.78, 5) is 42.0. The predicted molar refractivity (Wildman–Crippen MR) is 122 cm³/mol. The Morgan fingerprint density at radius 1 is 1.25 bits per heavy atom. The highest BCUT2D eigenvalue weighted by atomic mass is 79.9.